The molecule has 3 aromatic rings. The summed E-state index contributed by atoms with van der Waals surface area (Å²) in [6.07, 6.45) is 5.23. The first-order valence-electron chi connectivity index (χ1n) is 6.41. The van der Waals surface area contributed by atoms with Gasteiger partial charge < -0.3 is 5.32 Å². The number of aromatic nitrogens is 2. The highest BCUT2D eigenvalue weighted by Gasteiger charge is 2.17. The van der Waals surface area contributed by atoms with E-state index in [4.69, 9.17) is 11.6 Å². The van der Waals surface area contributed by atoms with Crippen LogP contribution >= 0.6 is 11.6 Å². The van der Waals surface area contributed by atoms with E-state index >= 15 is 0 Å². The number of benzene rings is 1. The van der Waals surface area contributed by atoms with Crippen LogP contribution in [0.4, 0.5) is 0 Å². The van der Waals surface area contributed by atoms with E-state index in [1.165, 1.54) is 0 Å². The fourth-order valence-corrected chi connectivity index (χ4v) is 2.69. The van der Waals surface area contributed by atoms with Gasteiger partial charge in [0.2, 0.25) is 0 Å². The van der Waals surface area contributed by atoms with Crippen LogP contribution in [0.5, 0.6) is 0 Å². The molecule has 20 heavy (non-hydrogen) atoms. The Bertz CT molecular complexity index is 737. The molecule has 0 radical (unpaired) electrons. The minimum absolute atomic E-state index is 0.0101. The Morgan fingerprint density at radius 1 is 1.05 bits per heavy atom. The van der Waals surface area contributed by atoms with Crippen molar-refractivity contribution in [1.29, 1.82) is 0 Å². The molecule has 4 heteroatoms. The van der Waals surface area contributed by atoms with Gasteiger partial charge in [0.25, 0.3) is 0 Å². The first kappa shape index (κ1) is 13.0. The smallest absolute Gasteiger partial charge is 0.0753 e. The second kappa shape index (κ2) is 5.57. The summed E-state index contributed by atoms with van der Waals surface area (Å²) in [7, 11) is 1.92. The van der Waals surface area contributed by atoms with Crippen LogP contribution < -0.4 is 5.32 Å². The highest BCUT2D eigenvalue weighted by molar-refractivity contribution is 6.31. The molecule has 0 bridgehead atoms. The lowest BCUT2D eigenvalue weighted by Gasteiger charge is -2.19. The zero-order valence-corrected chi connectivity index (χ0v) is 11.8. The van der Waals surface area contributed by atoms with Crippen LogP contribution in [0, 0.1) is 0 Å². The summed E-state index contributed by atoms with van der Waals surface area (Å²) in [4.78, 5) is 8.55. The van der Waals surface area contributed by atoms with Gasteiger partial charge in [-0.15, -0.1) is 0 Å². The molecule has 0 aliphatic heterocycles. The SMILES string of the molecule is CNC(c1ccncc1Cl)c1cccc2cccnc12. The third-order valence-electron chi connectivity index (χ3n) is 3.38. The van der Waals surface area contributed by atoms with Crippen molar-refractivity contribution in [2.45, 2.75) is 6.04 Å². The number of hydrogen-bond donors (Lipinski definition) is 1. The number of hydrogen-bond acceptors (Lipinski definition) is 3. The van der Waals surface area contributed by atoms with Crippen molar-refractivity contribution in [3.05, 3.63) is 71.1 Å². The van der Waals surface area contributed by atoms with Crippen molar-refractivity contribution in [2.75, 3.05) is 7.05 Å². The first-order valence-corrected chi connectivity index (χ1v) is 6.79. The Kier molecular flexibility index (Phi) is 3.63. The molecule has 0 saturated heterocycles. The van der Waals surface area contributed by atoms with E-state index in [-0.39, 0.29) is 6.04 Å². The van der Waals surface area contributed by atoms with Gasteiger partial charge >= 0.3 is 0 Å². The van der Waals surface area contributed by atoms with E-state index in [1.807, 2.05) is 31.4 Å². The van der Waals surface area contributed by atoms with Gasteiger partial charge in [-0.1, -0.05) is 35.9 Å². The van der Waals surface area contributed by atoms with E-state index in [2.05, 4.69) is 33.5 Å². The van der Waals surface area contributed by atoms with Gasteiger partial charge in [0.05, 0.1) is 16.6 Å². The van der Waals surface area contributed by atoms with Crippen molar-refractivity contribution in [1.82, 2.24) is 15.3 Å². The van der Waals surface area contributed by atoms with Crippen LogP contribution in [0.2, 0.25) is 5.02 Å². The van der Waals surface area contributed by atoms with Gasteiger partial charge in [-0.05, 0) is 30.3 Å². The van der Waals surface area contributed by atoms with Gasteiger partial charge in [0.15, 0.2) is 0 Å². The normalized spacial score (nSPS) is 12.5. The molecule has 0 amide bonds. The summed E-state index contributed by atoms with van der Waals surface area (Å²) in [6.45, 7) is 0. The van der Waals surface area contributed by atoms with Crippen LogP contribution in [-0.4, -0.2) is 17.0 Å². The Labute approximate surface area is 122 Å². The summed E-state index contributed by atoms with van der Waals surface area (Å²) in [5, 5.41) is 5.09. The average molecular weight is 284 g/mol. The fraction of sp³-hybridized carbons (Fsp3) is 0.125. The monoisotopic (exact) mass is 283 g/mol. The molecule has 0 aliphatic rings. The summed E-state index contributed by atoms with van der Waals surface area (Å²) >= 11 is 6.28. The molecule has 0 saturated carbocycles. The van der Waals surface area contributed by atoms with Crippen LogP contribution in [0.1, 0.15) is 17.2 Å². The fourth-order valence-electron chi connectivity index (χ4n) is 2.46. The molecule has 2 aromatic heterocycles. The Morgan fingerprint density at radius 2 is 1.90 bits per heavy atom. The van der Waals surface area contributed by atoms with Gasteiger partial charge in [0.1, 0.15) is 0 Å². The van der Waals surface area contributed by atoms with Crippen molar-refractivity contribution < 1.29 is 0 Å². The average Bonchev–Trinajstić information content (AvgIpc) is 2.50. The number of pyridine rings is 2. The van der Waals surface area contributed by atoms with Crippen LogP contribution in [0.25, 0.3) is 10.9 Å². The molecule has 1 aromatic carbocycles. The van der Waals surface area contributed by atoms with Crippen LogP contribution in [0.15, 0.2) is 55.0 Å². The predicted octanol–water partition coefficient (Wildman–Crippen LogP) is 3.59. The number of rotatable bonds is 3. The summed E-state index contributed by atoms with van der Waals surface area (Å²) in [6, 6.07) is 12.1. The molecule has 1 unspecified atom stereocenters. The number of nitrogens with zero attached hydrogens (tertiary/aromatic N) is 2. The maximum Gasteiger partial charge on any atom is 0.0753 e. The van der Waals surface area contributed by atoms with Crippen LogP contribution in [-0.2, 0) is 0 Å². The molecule has 0 fully saturated rings. The molecule has 100 valence electrons. The number of para-hydroxylation sites is 1. The highest BCUT2D eigenvalue weighted by Crippen LogP contribution is 2.30. The molecular formula is C16H14ClN3. The zero-order chi connectivity index (χ0) is 13.9. The Balaban J connectivity index is 2.20. The second-order valence-electron chi connectivity index (χ2n) is 4.54. The van der Waals surface area contributed by atoms with Gasteiger partial charge in [-0.3, -0.25) is 9.97 Å². The quantitative estimate of drug-likeness (QED) is 0.798. The minimum Gasteiger partial charge on any atom is -0.309 e. The predicted molar refractivity (Wildman–Crippen MR) is 81.9 cm³/mol. The molecule has 3 nitrogen and oxygen atoms in total. The molecule has 0 aliphatic carbocycles. The molecular weight excluding hydrogens is 270 g/mol. The molecule has 2 heterocycles. The standard InChI is InChI=1S/C16H14ClN3/c1-18-16(12-7-9-19-10-14(12)17)13-6-2-4-11-5-3-8-20-15(11)13/h2-10,16,18H,1H3. The van der Waals surface area contributed by atoms with Crippen molar-refractivity contribution in [2.24, 2.45) is 0 Å². The van der Waals surface area contributed by atoms with Crippen LogP contribution in [0.3, 0.4) is 0 Å². The second-order valence-corrected chi connectivity index (χ2v) is 4.95. The third-order valence-corrected chi connectivity index (χ3v) is 3.69. The number of halogens is 1. The third kappa shape index (κ3) is 2.26. The minimum atomic E-state index is -0.0101. The van der Waals surface area contributed by atoms with E-state index < -0.39 is 0 Å². The van der Waals surface area contributed by atoms with E-state index in [1.54, 1.807) is 12.4 Å². The lowest BCUT2D eigenvalue weighted by atomic mass is 9.97. The maximum absolute atomic E-state index is 6.28. The first-order chi connectivity index (χ1) is 9.81. The topological polar surface area (TPSA) is 37.8 Å². The van der Waals surface area contributed by atoms with Crippen molar-refractivity contribution >= 4 is 22.5 Å². The molecule has 1 N–H and O–H groups in total. The zero-order valence-electron chi connectivity index (χ0n) is 11.0. The van der Waals surface area contributed by atoms with Crippen molar-refractivity contribution in [3.63, 3.8) is 0 Å². The summed E-state index contributed by atoms with van der Waals surface area (Å²) < 4.78 is 0. The van der Waals surface area contributed by atoms with Gasteiger partial charge in [-0.2, -0.15) is 0 Å². The molecule has 1 atom stereocenters. The number of fused-ring (bicyclic) bond motifs is 1. The van der Waals surface area contributed by atoms with E-state index in [0.717, 1.165) is 22.0 Å². The van der Waals surface area contributed by atoms with Gasteiger partial charge in [0, 0.05) is 24.0 Å². The Hall–Kier alpha value is -1.97. The molecule has 3 rings (SSSR count). The highest BCUT2D eigenvalue weighted by atomic mass is 35.5. The largest absolute Gasteiger partial charge is 0.309 e. The van der Waals surface area contributed by atoms with Gasteiger partial charge in [-0.25, -0.2) is 0 Å². The summed E-state index contributed by atoms with van der Waals surface area (Å²) in [5.74, 6) is 0. The van der Waals surface area contributed by atoms with Crippen molar-refractivity contribution in [3.8, 4) is 0 Å². The maximum atomic E-state index is 6.28. The summed E-state index contributed by atoms with van der Waals surface area (Å²) in [5.41, 5.74) is 3.10. The molecule has 0 spiro atoms. The van der Waals surface area contributed by atoms with E-state index in [0.29, 0.717) is 5.02 Å². The van der Waals surface area contributed by atoms with E-state index in [9.17, 15) is 0 Å². The Morgan fingerprint density at radius 3 is 2.70 bits per heavy atom. The number of nitrogens with one attached hydrogen (secondary N) is 1. The lowest BCUT2D eigenvalue weighted by Crippen LogP contribution is -2.18. The lowest BCUT2D eigenvalue weighted by molar-refractivity contribution is 0.694.